The Morgan fingerprint density at radius 1 is 1.53 bits per heavy atom. The van der Waals surface area contributed by atoms with Crippen LogP contribution in [-0.2, 0) is 0 Å². The zero-order valence-corrected chi connectivity index (χ0v) is 11.8. The van der Waals surface area contributed by atoms with Crippen molar-refractivity contribution in [3.8, 4) is 23.8 Å². The Kier molecular flexibility index (Phi) is 5.90. The van der Waals surface area contributed by atoms with Crippen LogP contribution in [0.15, 0.2) is 22.8 Å². The van der Waals surface area contributed by atoms with E-state index in [-0.39, 0.29) is 6.61 Å². The predicted octanol–water partition coefficient (Wildman–Crippen LogP) is 3.11. The molecule has 0 heterocycles. The summed E-state index contributed by atoms with van der Waals surface area (Å²) in [5.74, 6) is 3.33. The van der Waals surface area contributed by atoms with Gasteiger partial charge in [0.2, 0.25) is 6.20 Å². The van der Waals surface area contributed by atoms with E-state index in [2.05, 4.69) is 21.9 Å². The molecule has 0 saturated heterocycles. The summed E-state index contributed by atoms with van der Waals surface area (Å²) in [5, 5.41) is 10.3. The summed E-state index contributed by atoms with van der Waals surface area (Å²) in [5.41, 5.74) is 0.625. The second kappa shape index (κ2) is 7.44. The SMILES string of the molecule is C#CCOc1c(Br)cc(/C=C\[N+](=O)[O-])cc1OCC. The lowest BCUT2D eigenvalue weighted by Crippen LogP contribution is -2.00. The summed E-state index contributed by atoms with van der Waals surface area (Å²) in [7, 11) is 0. The van der Waals surface area contributed by atoms with Gasteiger partial charge in [-0.15, -0.1) is 6.42 Å². The molecule has 0 atom stereocenters. The average Bonchev–Trinajstić information content (AvgIpc) is 2.36. The lowest BCUT2D eigenvalue weighted by Gasteiger charge is -2.13. The molecule has 0 bridgehead atoms. The van der Waals surface area contributed by atoms with E-state index >= 15 is 0 Å². The van der Waals surface area contributed by atoms with Crippen LogP contribution >= 0.6 is 15.9 Å². The van der Waals surface area contributed by atoms with Crippen molar-refractivity contribution in [2.45, 2.75) is 6.92 Å². The fourth-order valence-corrected chi connectivity index (χ4v) is 1.92. The molecule has 1 aromatic rings. The van der Waals surface area contributed by atoms with Gasteiger partial charge in [0, 0.05) is 6.08 Å². The normalized spacial score (nSPS) is 10.2. The van der Waals surface area contributed by atoms with Gasteiger partial charge in [0.25, 0.3) is 0 Å². The van der Waals surface area contributed by atoms with Crippen molar-refractivity contribution in [3.63, 3.8) is 0 Å². The Labute approximate surface area is 119 Å². The molecule has 0 amide bonds. The molecule has 0 aliphatic heterocycles. The number of hydrogen-bond acceptors (Lipinski definition) is 4. The average molecular weight is 326 g/mol. The molecule has 0 aliphatic rings. The lowest BCUT2D eigenvalue weighted by molar-refractivity contribution is -0.400. The minimum Gasteiger partial charge on any atom is -0.490 e. The first-order chi connectivity index (χ1) is 9.08. The van der Waals surface area contributed by atoms with E-state index in [0.29, 0.717) is 28.1 Å². The van der Waals surface area contributed by atoms with E-state index < -0.39 is 4.92 Å². The number of terminal acetylenes is 1. The molecule has 19 heavy (non-hydrogen) atoms. The molecule has 0 saturated carbocycles. The maximum atomic E-state index is 10.3. The smallest absolute Gasteiger partial charge is 0.235 e. The number of rotatable bonds is 6. The molecule has 0 aliphatic carbocycles. The third-order valence-corrected chi connectivity index (χ3v) is 2.61. The molecule has 6 heteroatoms. The molecular formula is C13H12BrNO4. The van der Waals surface area contributed by atoms with Crippen molar-refractivity contribution >= 4 is 22.0 Å². The van der Waals surface area contributed by atoms with E-state index in [9.17, 15) is 10.1 Å². The first-order valence-electron chi connectivity index (χ1n) is 5.42. The molecule has 0 fully saturated rings. The summed E-state index contributed by atoms with van der Waals surface area (Å²) in [6.45, 7) is 2.39. The number of nitro groups is 1. The second-order valence-corrected chi connectivity index (χ2v) is 4.21. The van der Waals surface area contributed by atoms with Crippen LogP contribution in [0.1, 0.15) is 12.5 Å². The largest absolute Gasteiger partial charge is 0.490 e. The molecule has 0 spiro atoms. The second-order valence-electron chi connectivity index (χ2n) is 3.36. The van der Waals surface area contributed by atoms with Crippen LogP contribution in [0.2, 0.25) is 0 Å². The third-order valence-electron chi connectivity index (χ3n) is 2.02. The fraction of sp³-hybridized carbons (Fsp3) is 0.231. The maximum absolute atomic E-state index is 10.3. The summed E-state index contributed by atoms with van der Waals surface area (Å²) in [6.07, 6.45) is 7.38. The van der Waals surface area contributed by atoms with Gasteiger partial charge in [-0.3, -0.25) is 10.1 Å². The maximum Gasteiger partial charge on any atom is 0.235 e. The monoisotopic (exact) mass is 325 g/mol. The fourth-order valence-electron chi connectivity index (χ4n) is 1.35. The number of hydrogen-bond donors (Lipinski definition) is 0. The highest BCUT2D eigenvalue weighted by Gasteiger charge is 2.11. The molecule has 1 aromatic carbocycles. The van der Waals surface area contributed by atoms with Gasteiger partial charge >= 0.3 is 0 Å². The Morgan fingerprint density at radius 2 is 2.26 bits per heavy atom. The van der Waals surface area contributed by atoms with Gasteiger partial charge in [-0.25, -0.2) is 0 Å². The minimum absolute atomic E-state index is 0.114. The molecule has 5 nitrogen and oxygen atoms in total. The van der Waals surface area contributed by atoms with Crippen LogP contribution in [0.3, 0.4) is 0 Å². The Bertz CT molecular complexity index is 534. The highest BCUT2D eigenvalue weighted by Crippen LogP contribution is 2.37. The van der Waals surface area contributed by atoms with Gasteiger partial charge in [-0.2, -0.15) is 0 Å². The van der Waals surface area contributed by atoms with Crippen molar-refractivity contribution in [1.29, 1.82) is 0 Å². The molecule has 1 rings (SSSR count). The quantitative estimate of drug-likeness (QED) is 0.458. The molecule has 0 radical (unpaired) electrons. The summed E-state index contributed by atoms with van der Waals surface area (Å²) in [4.78, 5) is 9.77. The van der Waals surface area contributed by atoms with E-state index in [0.717, 1.165) is 6.20 Å². The van der Waals surface area contributed by atoms with Crippen molar-refractivity contribution in [1.82, 2.24) is 0 Å². The Balaban J connectivity index is 3.13. The van der Waals surface area contributed by atoms with Gasteiger partial charge in [0.1, 0.15) is 6.61 Å². The van der Waals surface area contributed by atoms with Crippen LogP contribution in [0, 0.1) is 22.5 Å². The molecule has 100 valence electrons. The van der Waals surface area contributed by atoms with Crippen LogP contribution in [0.5, 0.6) is 11.5 Å². The molecule has 0 N–H and O–H groups in total. The summed E-state index contributed by atoms with van der Waals surface area (Å²) >= 11 is 3.33. The van der Waals surface area contributed by atoms with E-state index in [4.69, 9.17) is 15.9 Å². The summed E-state index contributed by atoms with van der Waals surface area (Å²) < 4.78 is 11.4. The zero-order chi connectivity index (χ0) is 14.3. The third kappa shape index (κ3) is 4.64. The molecule has 0 aromatic heterocycles. The zero-order valence-electron chi connectivity index (χ0n) is 10.3. The van der Waals surface area contributed by atoms with Crippen LogP contribution in [0.25, 0.3) is 6.08 Å². The van der Waals surface area contributed by atoms with E-state index in [1.54, 1.807) is 12.1 Å². The first kappa shape index (κ1) is 15.1. The molecule has 0 unspecified atom stereocenters. The van der Waals surface area contributed by atoms with Crippen molar-refractivity contribution in [3.05, 3.63) is 38.5 Å². The minimum atomic E-state index is -0.531. The van der Waals surface area contributed by atoms with Gasteiger partial charge < -0.3 is 9.47 Å². The van der Waals surface area contributed by atoms with Gasteiger partial charge in [0.15, 0.2) is 11.5 Å². The van der Waals surface area contributed by atoms with Crippen LogP contribution in [0.4, 0.5) is 0 Å². The Morgan fingerprint density at radius 3 is 2.84 bits per heavy atom. The number of benzene rings is 1. The van der Waals surface area contributed by atoms with Gasteiger partial charge in [0.05, 0.1) is 16.0 Å². The van der Waals surface area contributed by atoms with Crippen molar-refractivity contribution < 1.29 is 14.4 Å². The topological polar surface area (TPSA) is 61.6 Å². The number of halogens is 1. The standard InChI is InChI=1S/C13H12BrNO4/c1-3-7-19-13-11(14)8-10(5-6-15(16)17)9-12(13)18-4-2/h1,5-6,8-9H,4,7H2,2H3/b6-5-. The molecular weight excluding hydrogens is 314 g/mol. The predicted molar refractivity (Wildman–Crippen MR) is 75.7 cm³/mol. The van der Waals surface area contributed by atoms with Crippen molar-refractivity contribution in [2.24, 2.45) is 0 Å². The van der Waals surface area contributed by atoms with Crippen LogP contribution in [-0.4, -0.2) is 18.1 Å². The van der Waals surface area contributed by atoms with E-state index in [1.807, 2.05) is 6.92 Å². The van der Waals surface area contributed by atoms with Crippen LogP contribution < -0.4 is 9.47 Å². The number of nitrogens with zero attached hydrogens (tertiary/aromatic N) is 1. The van der Waals surface area contributed by atoms with Crippen molar-refractivity contribution in [2.75, 3.05) is 13.2 Å². The lowest BCUT2D eigenvalue weighted by atomic mass is 10.2. The summed E-state index contributed by atoms with van der Waals surface area (Å²) in [6, 6.07) is 3.34. The number of ether oxygens (including phenoxy) is 2. The highest BCUT2D eigenvalue weighted by atomic mass is 79.9. The van der Waals surface area contributed by atoms with Gasteiger partial charge in [-0.1, -0.05) is 5.92 Å². The van der Waals surface area contributed by atoms with E-state index in [1.165, 1.54) is 6.08 Å². The highest BCUT2D eigenvalue weighted by molar-refractivity contribution is 9.10. The first-order valence-corrected chi connectivity index (χ1v) is 6.22. The van der Waals surface area contributed by atoms with Gasteiger partial charge in [-0.05, 0) is 40.5 Å². The Hall–Kier alpha value is -2.00.